The number of hydrogen-bond donors (Lipinski definition) is 0. The first-order valence-corrected chi connectivity index (χ1v) is 13.0. The van der Waals surface area contributed by atoms with Gasteiger partial charge >= 0.3 is 0 Å². The number of amides is 1. The Morgan fingerprint density at radius 3 is 2.44 bits per heavy atom. The maximum absolute atomic E-state index is 12.9. The molecule has 2 unspecified atom stereocenters. The van der Waals surface area contributed by atoms with Crippen LogP contribution in [0.5, 0.6) is 11.5 Å². The van der Waals surface area contributed by atoms with Crippen molar-refractivity contribution in [1.82, 2.24) is 0 Å². The minimum atomic E-state index is -3.12. The van der Waals surface area contributed by atoms with Gasteiger partial charge in [0.25, 0.3) is 5.91 Å². The average Bonchev–Trinajstić information content (AvgIpc) is 3.19. The van der Waals surface area contributed by atoms with Gasteiger partial charge in [0.05, 0.1) is 38.2 Å². The Morgan fingerprint density at radius 1 is 1.09 bits per heavy atom. The molecule has 1 amide bonds. The van der Waals surface area contributed by atoms with Crippen LogP contribution in [0.2, 0.25) is 0 Å². The molecule has 0 radical (unpaired) electrons. The number of amidine groups is 1. The lowest BCUT2D eigenvalue weighted by Crippen LogP contribution is -2.38. The minimum Gasteiger partial charge on any atom is -0.493 e. The summed E-state index contributed by atoms with van der Waals surface area (Å²) in [7, 11) is -0.00472. The number of rotatable bonds is 5. The summed E-state index contributed by atoms with van der Waals surface area (Å²) in [5.41, 5.74) is 3.75. The highest BCUT2D eigenvalue weighted by Gasteiger charge is 2.49. The molecule has 2 aliphatic rings. The van der Waals surface area contributed by atoms with Crippen LogP contribution in [0, 0.1) is 13.8 Å². The van der Waals surface area contributed by atoms with E-state index >= 15 is 0 Å². The molecule has 2 aromatic carbocycles. The van der Waals surface area contributed by atoms with Crippen LogP contribution in [-0.2, 0) is 21.1 Å². The van der Waals surface area contributed by atoms with Crippen molar-refractivity contribution in [2.24, 2.45) is 4.99 Å². The molecular weight excluding hydrogens is 448 g/mol. The average molecular weight is 475 g/mol. The van der Waals surface area contributed by atoms with Gasteiger partial charge in [-0.3, -0.25) is 4.79 Å². The zero-order valence-corrected chi connectivity index (χ0v) is 20.1. The molecule has 2 atom stereocenters. The Kier molecular flexibility index (Phi) is 6.22. The van der Waals surface area contributed by atoms with Crippen molar-refractivity contribution in [1.29, 1.82) is 0 Å². The molecule has 32 heavy (non-hydrogen) atoms. The molecule has 2 saturated heterocycles. The summed E-state index contributed by atoms with van der Waals surface area (Å²) in [5, 5.41) is 0.435. The number of fused-ring (bicyclic) bond motifs is 1. The van der Waals surface area contributed by atoms with Crippen LogP contribution in [0.1, 0.15) is 16.7 Å². The van der Waals surface area contributed by atoms with Gasteiger partial charge in [-0.05, 0) is 42.7 Å². The smallest absolute Gasteiger partial charge is 0.252 e. The number of anilines is 1. The van der Waals surface area contributed by atoms with Crippen LogP contribution in [0.4, 0.5) is 5.69 Å². The Labute approximate surface area is 192 Å². The van der Waals surface area contributed by atoms with Crippen molar-refractivity contribution in [3.63, 3.8) is 0 Å². The fraction of sp³-hybridized carbons (Fsp3) is 0.391. The molecule has 0 spiro atoms. The van der Waals surface area contributed by atoms with E-state index in [9.17, 15) is 13.2 Å². The summed E-state index contributed by atoms with van der Waals surface area (Å²) in [6.07, 6.45) is 0.110. The van der Waals surface area contributed by atoms with Gasteiger partial charge in [0, 0.05) is 10.9 Å². The van der Waals surface area contributed by atoms with E-state index in [1.54, 1.807) is 26.4 Å². The maximum Gasteiger partial charge on any atom is 0.252 e. The summed E-state index contributed by atoms with van der Waals surface area (Å²) in [6.45, 7) is 3.99. The number of hydrogen-bond acceptors (Lipinski definition) is 6. The number of methoxy groups -OCH3 is 2. The topological polar surface area (TPSA) is 85.3 Å². The third-order valence-electron chi connectivity index (χ3n) is 5.77. The molecule has 0 N–H and O–H groups in total. The summed E-state index contributed by atoms with van der Waals surface area (Å²) in [5.74, 6) is 1.03. The van der Waals surface area contributed by atoms with E-state index in [0.29, 0.717) is 16.7 Å². The fourth-order valence-corrected chi connectivity index (χ4v) is 8.24. The van der Waals surface area contributed by atoms with Crippen LogP contribution in [0.25, 0.3) is 0 Å². The van der Waals surface area contributed by atoms with E-state index in [2.05, 4.69) is 4.99 Å². The van der Waals surface area contributed by atoms with Crippen molar-refractivity contribution in [2.75, 3.05) is 30.6 Å². The van der Waals surface area contributed by atoms with Gasteiger partial charge in [-0.1, -0.05) is 36.0 Å². The number of para-hydroxylation sites is 1. The molecule has 7 nitrogen and oxygen atoms in total. The van der Waals surface area contributed by atoms with Crippen molar-refractivity contribution in [2.45, 2.75) is 31.6 Å². The van der Waals surface area contributed by atoms with Crippen molar-refractivity contribution < 1.29 is 22.7 Å². The maximum atomic E-state index is 12.9. The largest absolute Gasteiger partial charge is 0.493 e. The normalized spacial score (nSPS) is 22.8. The van der Waals surface area contributed by atoms with Crippen molar-refractivity contribution in [3.05, 3.63) is 53.1 Å². The number of benzene rings is 2. The van der Waals surface area contributed by atoms with Crippen LogP contribution in [0.15, 0.2) is 41.4 Å². The first-order valence-electron chi connectivity index (χ1n) is 10.3. The van der Waals surface area contributed by atoms with Crippen molar-refractivity contribution in [3.8, 4) is 11.5 Å². The molecule has 2 fully saturated rings. The molecule has 2 heterocycles. The Bertz CT molecular complexity index is 1170. The molecule has 2 aliphatic heterocycles. The third-order valence-corrected chi connectivity index (χ3v) is 8.98. The van der Waals surface area contributed by atoms with Crippen LogP contribution >= 0.6 is 11.8 Å². The zero-order valence-electron chi connectivity index (χ0n) is 18.5. The predicted molar refractivity (Wildman–Crippen MR) is 128 cm³/mol. The highest BCUT2D eigenvalue weighted by molar-refractivity contribution is 8.16. The molecule has 0 bridgehead atoms. The SMILES string of the molecule is COc1ccc(CC(=O)N=C2SC3CS(=O)(=O)CC3N2c2c(C)cccc2C)cc1OC. The van der Waals surface area contributed by atoms with E-state index < -0.39 is 9.84 Å². The van der Waals surface area contributed by atoms with E-state index in [0.717, 1.165) is 22.4 Å². The number of nitrogens with zero attached hydrogens (tertiary/aromatic N) is 2. The summed E-state index contributed by atoms with van der Waals surface area (Å²) >= 11 is 1.39. The van der Waals surface area contributed by atoms with Gasteiger partial charge < -0.3 is 14.4 Å². The van der Waals surface area contributed by atoms with Gasteiger partial charge in [0.1, 0.15) is 0 Å². The number of carbonyl (C=O) groups excluding carboxylic acids is 1. The monoisotopic (exact) mass is 474 g/mol. The predicted octanol–water partition coefficient (Wildman–Crippen LogP) is 3.16. The number of aryl methyl sites for hydroxylation is 2. The Morgan fingerprint density at radius 2 is 1.78 bits per heavy atom. The summed E-state index contributed by atoms with van der Waals surface area (Å²) < 4.78 is 35.2. The van der Waals surface area contributed by atoms with Gasteiger partial charge in [0.15, 0.2) is 26.5 Å². The van der Waals surface area contributed by atoms with Gasteiger partial charge in [-0.15, -0.1) is 0 Å². The highest BCUT2D eigenvalue weighted by Crippen LogP contribution is 2.43. The minimum absolute atomic E-state index is 0.0708. The zero-order chi connectivity index (χ0) is 23.0. The number of carbonyl (C=O) groups is 1. The molecule has 2 aromatic rings. The number of aliphatic imine (C=N–C) groups is 1. The second-order valence-corrected chi connectivity index (χ2v) is 11.4. The van der Waals surface area contributed by atoms with E-state index in [-0.39, 0.29) is 35.1 Å². The highest BCUT2D eigenvalue weighted by atomic mass is 32.2. The second kappa shape index (κ2) is 8.78. The standard InChI is InChI=1S/C23H26N2O5S2/c1-14-6-5-7-15(2)22(14)25-17-12-32(27,28)13-20(17)31-23(25)24-21(26)11-16-8-9-18(29-3)19(10-16)30-4/h5-10,17,20H,11-13H2,1-4H3. The lowest BCUT2D eigenvalue weighted by molar-refractivity contribution is -0.117. The molecular formula is C23H26N2O5S2. The molecule has 0 aromatic heterocycles. The molecule has 0 aliphatic carbocycles. The first kappa shape index (κ1) is 22.7. The molecule has 4 rings (SSSR count). The third kappa shape index (κ3) is 4.36. The second-order valence-electron chi connectivity index (χ2n) is 8.07. The van der Waals surface area contributed by atoms with Crippen LogP contribution in [0.3, 0.4) is 0 Å². The van der Waals surface area contributed by atoms with Crippen molar-refractivity contribution >= 4 is 38.4 Å². The quantitative estimate of drug-likeness (QED) is 0.658. The lowest BCUT2D eigenvalue weighted by Gasteiger charge is -2.28. The Balaban J connectivity index is 1.66. The van der Waals surface area contributed by atoms with E-state index in [1.807, 2.05) is 43.0 Å². The summed E-state index contributed by atoms with van der Waals surface area (Å²) in [4.78, 5) is 19.3. The van der Waals surface area contributed by atoms with Gasteiger partial charge in [0.2, 0.25) is 0 Å². The number of sulfone groups is 1. The molecule has 0 saturated carbocycles. The van der Waals surface area contributed by atoms with Crippen LogP contribution in [-0.4, -0.2) is 56.5 Å². The first-order chi connectivity index (χ1) is 15.2. The Hall–Kier alpha value is -2.52. The summed E-state index contributed by atoms with van der Waals surface area (Å²) in [6, 6.07) is 11.1. The number of thioether (sulfide) groups is 1. The molecule has 170 valence electrons. The van der Waals surface area contributed by atoms with E-state index in [4.69, 9.17) is 9.47 Å². The number of ether oxygens (including phenoxy) is 2. The van der Waals surface area contributed by atoms with E-state index in [1.165, 1.54) is 11.8 Å². The molecule has 9 heteroatoms. The van der Waals surface area contributed by atoms with Gasteiger partial charge in [-0.2, -0.15) is 4.99 Å². The lowest BCUT2D eigenvalue weighted by atomic mass is 10.1. The van der Waals surface area contributed by atoms with Gasteiger partial charge in [-0.25, -0.2) is 8.42 Å². The van der Waals surface area contributed by atoms with Crippen LogP contribution < -0.4 is 14.4 Å². The fourth-order valence-electron chi connectivity index (χ4n) is 4.32.